The molecule has 0 spiro atoms. The second-order valence-corrected chi connectivity index (χ2v) is 7.09. The standard InChI is InChI=1S/C18H19N5OS/c1-12(2)16-19-18(24-20-16)14-8-10-23(11-9-14)17-15(21-25-22-17)13-6-4-3-5-7-13/h4,6-7,12,14H,8-11H2,1-2H3. The van der Waals surface area contributed by atoms with E-state index in [9.17, 15) is 0 Å². The lowest BCUT2D eigenvalue weighted by Crippen LogP contribution is -2.33. The Morgan fingerprint density at radius 3 is 2.76 bits per heavy atom. The fourth-order valence-corrected chi connectivity index (χ4v) is 3.64. The highest BCUT2D eigenvalue weighted by Gasteiger charge is 2.28. The summed E-state index contributed by atoms with van der Waals surface area (Å²) in [6.07, 6.45) is 7.71. The second kappa shape index (κ2) is 6.81. The van der Waals surface area contributed by atoms with Crippen molar-refractivity contribution in [3.05, 3.63) is 47.1 Å². The number of piperidine rings is 1. The molecule has 7 heteroatoms. The third kappa shape index (κ3) is 3.22. The van der Waals surface area contributed by atoms with Gasteiger partial charge in [-0.1, -0.05) is 30.5 Å². The maximum Gasteiger partial charge on any atom is 0.229 e. The third-order valence-electron chi connectivity index (χ3n) is 4.52. The van der Waals surface area contributed by atoms with Crippen molar-refractivity contribution < 1.29 is 4.52 Å². The smallest absolute Gasteiger partial charge is 0.229 e. The molecule has 0 radical (unpaired) electrons. The maximum absolute atomic E-state index is 5.47. The molecule has 3 heterocycles. The van der Waals surface area contributed by atoms with E-state index < -0.39 is 0 Å². The molecule has 0 bridgehead atoms. The molecule has 0 saturated carbocycles. The largest absolute Gasteiger partial charge is 0.354 e. The topological polar surface area (TPSA) is 67.9 Å². The monoisotopic (exact) mass is 353 g/mol. The third-order valence-corrected chi connectivity index (χ3v) is 5.04. The van der Waals surface area contributed by atoms with E-state index in [2.05, 4.69) is 49.1 Å². The minimum atomic E-state index is 0.293. The first-order chi connectivity index (χ1) is 12.2. The maximum atomic E-state index is 5.47. The van der Waals surface area contributed by atoms with Gasteiger partial charge in [0, 0.05) is 30.5 Å². The fourth-order valence-electron chi connectivity index (χ4n) is 3.05. The quantitative estimate of drug-likeness (QED) is 0.781. The molecule has 0 unspecified atom stereocenters. The zero-order valence-electron chi connectivity index (χ0n) is 14.3. The number of hydrogen-bond acceptors (Lipinski definition) is 7. The molecule has 25 heavy (non-hydrogen) atoms. The van der Waals surface area contributed by atoms with Crippen molar-refractivity contribution in [3.63, 3.8) is 0 Å². The summed E-state index contributed by atoms with van der Waals surface area (Å²) >= 11 is 1.25. The Morgan fingerprint density at radius 1 is 1.24 bits per heavy atom. The van der Waals surface area contributed by atoms with E-state index in [0.717, 1.165) is 54.7 Å². The van der Waals surface area contributed by atoms with Gasteiger partial charge in [0.25, 0.3) is 0 Å². The molecule has 0 N–H and O–H groups in total. The van der Waals surface area contributed by atoms with E-state index in [-0.39, 0.29) is 0 Å². The molecule has 0 amide bonds. The van der Waals surface area contributed by atoms with Crippen LogP contribution in [0.15, 0.2) is 34.2 Å². The predicted octanol–water partition coefficient (Wildman–Crippen LogP) is 3.69. The van der Waals surface area contributed by atoms with Crippen molar-refractivity contribution in [2.75, 3.05) is 18.0 Å². The van der Waals surface area contributed by atoms with Crippen molar-refractivity contribution in [3.8, 4) is 0 Å². The number of anilines is 1. The van der Waals surface area contributed by atoms with Gasteiger partial charge in [0.1, 0.15) is 5.69 Å². The molecule has 2 aromatic heterocycles. The Hall–Kier alpha value is -2.46. The lowest BCUT2D eigenvalue weighted by molar-refractivity contribution is 0.326. The summed E-state index contributed by atoms with van der Waals surface area (Å²) in [6.45, 7) is 5.97. The zero-order valence-corrected chi connectivity index (χ0v) is 15.1. The molecule has 2 aromatic rings. The van der Waals surface area contributed by atoms with Crippen LogP contribution in [0, 0.1) is 0 Å². The van der Waals surface area contributed by atoms with Crippen LogP contribution < -0.4 is 4.90 Å². The van der Waals surface area contributed by atoms with Crippen molar-refractivity contribution >= 4 is 23.1 Å². The summed E-state index contributed by atoms with van der Waals surface area (Å²) in [6, 6.07) is 0. The molecule has 4 rings (SSSR count). The van der Waals surface area contributed by atoms with E-state index >= 15 is 0 Å². The number of hydrogen-bond donors (Lipinski definition) is 0. The van der Waals surface area contributed by atoms with E-state index in [1.165, 1.54) is 11.7 Å². The minimum Gasteiger partial charge on any atom is -0.354 e. The molecule has 0 atom stereocenters. The number of rotatable bonds is 4. The van der Waals surface area contributed by atoms with E-state index in [4.69, 9.17) is 4.52 Å². The van der Waals surface area contributed by atoms with Gasteiger partial charge in [-0.2, -0.15) is 13.7 Å². The van der Waals surface area contributed by atoms with Crippen LogP contribution in [-0.2, 0) is 0 Å². The first kappa shape index (κ1) is 16.0. The van der Waals surface area contributed by atoms with Gasteiger partial charge in [0.2, 0.25) is 5.89 Å². The van der Waals surface area contributed by atoms with Crippen LogP contribution in [0.2, 0.25) is 0 Å². The van der Waals surface area contributed by atoms with Crippen molar-refractivity contribution in [2.24, 2.45) is 0 Å². The summed E-state index contributed by atoms with van der Waals surface area (Å²) in [5, 5.41) is 4.09. The van der Waals surface area contributed by atoms with Crippen LogP contribution in [-0.4, -0.2) is 32.0 Å². The lowest BCUT2D eigenvalue weighted by atomic mass is 9.96. The molecular weight excluding hydrogens is 334 g/mol. The van der Waals surface area contributed by atoms with Crippen LogP contribution in [0.25, 0.3) is 5.57 Å². The summed E-state index contributed by atoms with van der Waals surface area (Å²) in [5.41, 5.74) is 7.86. The van der Waals surface area contributed by atoms with Crippen molar-refractivity contribution in [1.82, 2.24) is 18.9 Å². The van der Waals surface area contributed by atoms with Crippen LogP contribution in [0.3, 0.4) is 0 Å². The molecule has 0 aromatic carbocycles. The van der Waals surface area contributed by atoms with E-state index in [0.29, 0.717) is 11.8 Å². The summed E-state index contributed by atoms with van der Waals surface area (Å²) in [7, 11) is 0. The van der Waals surface area contributed by atoms with Crippen molar-refractivity contribution in [2.45, 2.75) is 38.5 Å². The zero-order chi connectivity index (χ0) is 17.2. The average molecular weight is 353 g/mol. The van der Waals surface area contributed by atoms with Gasteiger partial charge in [-0.25, -0.2) is 0 Å². The number of aromatic nitrogens is 4. The SMILES string of the molecule is CC(C)c1noc(C2CCN(c3nsnc3C3=CC=C=C=C3)CC2)n1. The van der Waals surface area contributed by atoms with Gasteiger partial charge in [-0.15, -0.1) is 0 Å². The molecule has 1 aliphatic heterocycles. The Morgan fingerprint density at radius 2 is 2.08 bits per heavy atom. The minimum absolute atomic E-state index is 0.293. The van der Waals surface area contributed by atoms with Crippen LogP contribution in [0.5, 0.6) is 0 Å². The first-order valence-electron chi connectivity index (χ1n) is 8.51. The van der Waals surface area contributed by atoms with E-state index in [1.807, 2.05) is 18.2 Å². The number of nitrogens with zero attached hydrogens (tertiary/aromatic N) is 5. The highest BCUT2D eigenvalue weighted by Crippen LogP contribution is 2.33. The molecule has 1 saturated heterocycles. The predicted molar refractivity (Wildman–Crippen MR) is 96.6 cm³/mol. The van der Waals surface area contributed by atoms with Gasteiger partial charge < -0.3 is 9.42 Å². The Balaban J connectivity index is 1.46. The first-order valence-corrected chi connectivity index (χ1v) is 9.24. The summed E-state index contributed by atoms with van der Waals surface area (Å²) in [4.78, 5) is 6.85. The average Bonchev–Trinajstić information content (AvgIpc) is 3.32. The molecular formula is C18H19N5OS. The Kier molecular flexibility index (Phi) is 4.36. The van der Waals surface area contributed by atoms with E-state index in [1.54, 1.807) is 0 Å². The van der Waals surface area contributed by atoms with Gasteiger partial charge >= 0.3 is 0 Å². The molecule has 2 aliphatic rings. The highest BCUT2D eigenvalue weighted by atomic mass is 32.1. The van der Waals surface area contributed by atoms with Crippen LogP contribution in [0.4, 0.5) is 5.82 Å². The fraction of sp³-hybridized carbons (Fsp3) is 0.444. The normalized spacial score (nSPS) is 17.6. The lowest BCUT2D eigenvalue weighted by Gasteiger charge is -2.30. The van der Waals surface area contributed by atoms with Gasteiger partial charge in [0.05, 0.1) is 11.7 Å². The molecule has 1 fully saturated rings. The van der Waals surface area contributed by atoms with Gasteiger partial charge in [-0.05, 0) is 31.1 Å². The van der Waals surface area contributed by atoms with Gasteiger partial charge in [-0.3, -0.25) is 0 Å². The Labute approximate surface area is 150 Å². The Bertz CT molecular complexity index is 888. The van der Waals surface area contributed by atoms with Crippen LogP contribution in [0.1, 0.15) is 55.9 Å². The second-order valence-electron chi connectivity index (χ2n) is 6.56. The van der Waals surface area contributed by atoms with Crippen molar-refractivity contribution in [1.29, 1.82) is 0 Å². The summed E-state index contributed by atoms with van der Waals surface area (Å²) < 4.78 is 14.5. The van der Waals surface area contributed by atoms with Crippen LogP contribution >= 0.6 is 11.7 Å². The highest BCUT2D eigenvalue weighted by molar-refractivity contribution is 6.99. The molecule has 128 valence electrons. The summed E-state index contributed by atoms with van der Waals surface area (Å²) in [5.74, 6) is 3.14. The molecule has 6 nitrogen and oxygen atoms in total. The number of allylic oxidation sites excluding steroid dienone is 4. The molecule has 1 aliphatic carbocycles. The van der Waals surface area contributed by atoms with Gasteiger partial charge in [0.15, 0.2) is 11.6 Å².